The smallest absolute Gasteiger partial charge is 0.0669 e. The minimum absolute atomic E-state index is 0.450. The standard InChI is InChI=1S/C16H16N2/c1-18(2)15-9-7-14(8-10-15)16-6-4-3-5-13(16)11-12-17/h3-10H,11H2,1-2H3. The van der Waals surface area contributed by atoms with Crippen LogP contribution in [0.25, 0.3) is 11.1 Å². The van der Waals surface area contributed by atoms with Gasteiger partial charge in [0.15, 0.2) is 0 Å². The number of rotatable bonds is 3. The average molecular weight is 236 g/mol. The molecule has 0 spiro atoms. The maximum absolute atomic E-state index is 8.85. The van der Waals surface area contributed by atoms with Gasteiger partial charge in [-0.2, -0.15) is 5.26 Å². The Hall–Kier alpha value is -2.27. The number of benzene rings is 2. The van der Waals surface area contributed by atoms with Crippen LogP contribution in [0.5, 0.6) is 0 Å². The largest absolute Gasteiger partial charge is 0.378 e. The van der Waals surface area contributed by atoms with Gasteiger partial charge in [-0.1, -0.05) is 36.4 Å². The molecule has 18 heavy (non-hydrogen) atoms. The van der Waals surface area contributed by atoms with Crippen LogP contribution in [0.4, 0.5) is 5.69 Å². The minimum Gasteiger partial charge on any atom is -0.378 e. The molecule has 2 heteroatoms. The van der Waals surface area contributed by atoms with Gasteiger partial charge in [-0.25, -0.2) is 0 Å². The van der Waals surface area contributed by atoms with Crippen LogP contribution in [0.3, 0.4) is 0 Å². The van der Waals surface area contributed by atoms with Gasteiger partial charge in [-0.15, -0.1) is 0 Å². The Bertz CT molecular complexity index is 562. The van der Waals surface area contributed by atoms with E-state index in [2.05, 4.69) is 41.3 Å². The van der Waals surface area contributed by atoms with Crippen molar-refractivity contribution >= 4 is 5.69 Å². The third-order valence-electron chi connectivity index (χ3n) is 2.98. The zero-order chi connectivity index (χ0) is 13.0. The highest BCUT2D eigenvalue weighted by molar-refractivity contribution is 5.69. The molecule has 2 nitrogen and oxygen atoms in total. The van der Waals surface area contributed by atoms with Crippen molar-refractivity contribution in [2.45, 2.75) is 6.42 Å². The summed E-state index contributed by atoms with van der Waals surface area (Å²) in [5.74, 6) is 0. The highest BCUT2D eigenvalue weighted by Gasteiger charge is 2.04. The van der Waals surface area contributed by atoms with Crippen LogP contribution < -0.4 is 4.90 Å². The minimum atomic E-state index is 0.450. The number of hydrogen-bond donors (Lipinski definition) is 0. The molecule has 0 saturated heterocycles. The van der Waals surface area contributed by atoms with Gasteiger partial charge in [-0.05, 0) is 28.8 Å². The number of hydrogen-bond acceptors (Lipinski definition) is 2. The molecule has 90 valence electrons. The molecule has 0 aliphatic rings. The van der Waals surface area contributed by atoms with Gasteiger partial charge in [0.05, 0.1) is 12.5 Å². The van der Waals surface area contributed by atoms with E-state index >= 15 is 0 Å². The summed E-state index contributed by atoms with van der Waals surface area (Å²) < 4.78 is 0. The molecule has 2 rings (SSSR count). The fourth-order valence-corrected chi connectivity index (χ4v) is 1.98. The Morgan fingerprint density at radius 1 is 1.00 bits per heavy atom. The van der Waals surface area contributed by atoms with Crippen molar-refractivity contribution in [3.05, 3.63) is 54.1 Å². The zero-order valence-corrected chi connectivity index (χ0v) is 10.7. The van der Waals surface area contributed by atoms with Gasteiger partial charge in [0.1, 0.15) is 0 Å². The number of anilines is 1. The monoisotopic (exact) mass is 236 g/mol. The summed E-state index contributed by atoms with van der Waals surface area (Å²) in [6.07, 6.45) is 0.450. The van der Waals surface area contributed by atoms with Crippen LogP contribution in [0.15, 0.2) is 48.5 Å². The second-order valence-electron chi connectivity index (χ2n) is 4.43. The van der Waals surface area contributed by atoms with E-state index in [1.165, 1.54) is 5.69 Å². The third-order valence-corrected chi connectivity index (χ3v) is 2.98. The predicted octanol–water partition coefficient (Wildman–Crippen LogP) is 3.49. The van der Waals surface area contributed by atoms with Gasteiger partial charge in [-0.3, -0.25) is 0 Å². The van der Waals surface area contributed by atoms with Crippen LogP contribution in [0, 0.1) is 11.3 Å². The van der Waals surface area contributed by atoms with E-state index in [1.807, 2.05) is 32.3 Å². The van der Waals surface area contributed by atoms with Crippen LogP contribution in [0.2, 0.25) is 0 Å². The van der Waals surface area contributed by atoms with E-state index in [-0.39, 0.29) is 0 Å². The van der Waals surface area contributed by atoms with E-state index in [1.54, 1.807) is 0 Å². The topological polar surface area (TPSA) is 27.0 Å². The van der Waals surface area contributed by atoms with Crippen molar-refractivity contribution in [2.24, 2.45) is 0 Å². The average Bonchev–Trinajstić information content (AvgIpc) is 2.40. The first-order chi connectivity index (χ1) is 8.72. The van der Waals surface area contributed by atoms with Gasteiger partial charge < -0.3 is 4.90 Å². The lowest BCUT2D eigenvalue weighted by molar-refractivity contribution is 1.13. The molecule has 0 aliphatic heterocycles. The Labute approximate surface area is 108 Å². The van der Waals surface area contributed by atoms with Crippen molar-refractivity contribution in [2.75, 3.05) is 19.0 Å². The van der Waals surface area contributed by atoms with Gasteiger partial charge >= 0.3 is 0 Å². The van der Waals surface area contributed by atoms with Crippen LogP contribution in [-0.4, -0.2) is 14.1 Å². The predicted molar refractivity (Wildman–Crippen MR) is 75.5 cm³/mol. The fraction of sp³-hybridized carbons (Fsp3) is 0.188. The Kier molecular flexibility index (Phi) is 3.64. The van der Waals surface area contributed by atoms with E-state index in [0.717, 1.165) is 16.7 Å². The van der Waals surface area contributed by atoms with Gasteiger partial charge in [0, 0.05) is 19.8 Å². The lowest BCUT2D eigenvalue weighted by Gasteiger charge is -2.13. The lowest BCUT2D eigenvalue weighted by atomic mass is 9.98. The molecular formula is C16H16N2. The molecule has 0 heterocycles. The molecule has 0 radical (unpaired) electrons. The highest BCUT2D eigenvalue weighted by Crippen LogP contribution is 2.25. The molecule has 0 atom stereocenters. The van der Waals surface area contributed by atoms with E-state index in [9.17, 15) is 0 Å². The van der Waals surface area contributed by atoms with E-state index < -0.39 is 0 Å². The normalized spacial score (nSPS) is 9.83. The molecule has 0 bridgehead atoms. The molecular weight excluding hydrogens is 220 g/mol. The first-order valence-electron chi connectivity index (χ1n) is 5.95. The quantitative estimate of drug-likeness (QED) is 0.815. The maximum Gasteiger partial charge on any atom is 0.0669 e. The molecule has 0 unspecified atom stereocenters. The second-order valence-corrected chi connectivity index (χ2v) is 4.43. The third kappa shape index (κ3) is 2.52. The Morgan fingerprint density at radius 3 is 2.28 bits per heavy atom. The number of nitriles is 1. The molecule has 0 saturated carbocycles. The summed E-state index contributed by atoms with van der Waals surface area (Å²) >= 11 is 0. The van der Waals surface area contributed by atoms with Crippen molar-refractivity contribution in [1.82, 2.24) is 0 Å². The second kappa shape index (κ2) is 5.37. The summed E-state index contributed by atoms with van der Waals surface area (Å²) in [7, 11) is 4.05. The lowest BCUT2D eigenvalue weighted by Crippen LogP contribution is -2.07. The van der Waals surface area contributed by atoms with Crippen molar-refractivity contribution in [1.29, 1.82) is 5.26 Å². The van der Waals surface area contributed by atoms with E-state index in [4.69, 9.17) is 5.26 Å². The Balaban J connectivity index is 2.40. The van der Waals surface area contributed by atoms with E-state index in [0.29, 0.717) is 6.42 Å². The molecule has 0 amide bonds. The van der Waals surface area contributed by atoms with Gasteiger partial charge in [0.25, 0.3) is 0 Å². The molecule has 0 aliphatic carbocycles. The van der Waals surface area contributed by atoms with Crippen LogP contribution in [0.1, 0.15) is 5.56 Å². The summed E-state index contributed by atoms with van der Waals surface area (Å²) in [5.41, 5.74) is 4.56. The first kappa shape index (κ1) is 12.2. The fourth-order valence-electron chi connectivity index (χ4n) is 1.98. The van der Waals surface area contributed by atoms with Crippen molar-refractivity contribution < 1.29 is 0 Å². The van der Waals surface area contributed by atoms with Crippen molar-refractivity contribution in [3.63, 3.8) is 0 Å². The van der Waals surface area contributed by atoms with Crippen LogP contribution >= 0.6 is 0 Å². The molecule has 0 N–H and O–H groups in total. The SMILES string of the molecule is CN(C)c1ccc(-c2ccccc2CC#N)cc1. The van der Waals surface area contributed by atoms with Crippen molar-refractivity contribution in [3.8, 4) is 17.2 Å². The Morgan fingerprint density at radius 2 is 1.67 bits per heavy atom. The number of nitrogens with zero attached hydrogens (tertiary/aromatic N) is 2. The summed E-state index contributed by atoms with van der Waals surface area (Å²) in [6, 6.07) is 18.7. The first-order valence-corrected chi connectivity index (χ1v) is 5.95. The summed E-state index contributed by atoms with van der Waals surface area (Å²) in [5, 5.41) is 8.85. The summed E-state index contributed by atoms with van der Waals surface area (Å²) in [4.78, 5) is 2.07. The zero-order valence-electron chi connectivity index (χ0n) is 10.7. The maximum atomic E-state index is 8.85. The van der Waals surface area contributed by atoms with Crippen LogP contribution in [-0.2, 0) is 6.42 Å². The summed E-state index contributed by atoms with van der Waals surface area (Å²) in [6.45, 7) is 0. The molecule has 0 aromatic heterocycles. The highest BCUT2D eigenvalue weighted by atomic mass is 15.1. The molecule has 2 aromatic carbocycles. The van der Waals surface area contributed by atoms with Gasteiger partial charge in [0.2, 0.25) is 0 Å². The molecule has 2 aromatic rings. The molecule has 0 fully saturated rings.